The highest BCUT2D eigenvalue weighted by Crippen LogP contribution is 2.33. The van der Waals surface area contributed by atoms with E-state index in [0.717, 1.165) is 22.6 Å². The maximum atomic E-state index is 12.3. The molecule has 118 valence electrons. The van der Waals surface area contributed by atoms with Crippen LogP contribution in [0.1, 0.15) is 34.3 Å². The summed E-state index contributed by atoms with van der Waals surface area (Å²) in [6.07, 6.45) is 0. The number of anilines is 1. The van der Waals surface area contributed by atoms with Crippen LogP contribution >= 0.6 is 23.4 Å². The molecule has 0 aliphatic carbocycles. The second kappa shape index (κ2) is 6.77. The number of Topliss-reactive ketones (excluding diaryl/α,β-unsaturated/α-hetero) is 1. The highest BCUT2D eigenvalue weighted by molar-refractivity contribution is 7.99. The fourth-order valence-corrected chi connectivity index (χ4v) is 3.52. The van der Waals surface area contributed by atoms with Crippen LogP contribution in [0.5, 0.6) is 0 Å². The molecule has 0 fully saturated rings. The van der Waals surface area contributed by atoms with Crippen LogP contribution in [-0.2, 0) is 10.5 Å². The molecule has 0 bridgehead atoms. The lowest BCUT2D eigenvalue weighted by Crippen LogP contribution is -2.08. The van der Waals surface area contributed by atoms with Crippen molar-refractivity contribution in [3.8, 4) is 0 Å². The van der Waals surface area contributed by atoms with Gasteiger partial charge in [0.05, 0.1) is 11.7 Å². The summed E-state index contributed by atoms with van der Waals surface area (Å²) in [5.74, 6) is 1.06. The second-order valence-corrected chi connectivity index (χ2v) is 6.98. The molecule has 1 amide bonds. The van der Waals surface area contributed by atoms with Crippen LogP contribution in [0.4, 0.5) is 5.69 Å². The molecule has 0 saturated heterocycles. The standard InChI is InChI=1S/C18H16ClNO2S/c1-11-15-8-13(4-7-16(15)20-18(11)22)17(21)10-23-9-12-2-5-14(19)6-3-12/h2-8,11H,9-10H2,1H3,(H,20,22)/t11-/m0/s1. The van der Waals surface area contributed by atoms with Crippen LogP contribution in [-0.4, -0.2) is 17.4 Å². The number of hydrogen-bond acceptors (Lipinski definition) is 3. The van der Waals surface area contributed by atoms with Crippen molar-refractivity contribution in [2.24, 2.45) is 0 Å². The van der Waals surface area contributed by atoms with E-state index in [1.165, 1.54) is 0 Å². The van der Waals surface area contributed by atoms with E-state index in [0.29, 0.717) is 16.3 Å². The van der Waals surface area contributed by atoms with Crippen molar-refractivity contribution in [3.63, 3.8) is 0 Å². The van der Waals surface area contributed by atoms with Gasteiger partial charge < -0.3 is 5.32 Å². The van der Waals surface area contributed by atoms with Crippen LogP contribution in [0, 0.1) is 0 Å². The van der Waals surface area contributed by atoms with Gasteiger partial charge in [-0.05, 0) is 48.4 Å². The minimum atomic E-state index is -0.195. The first-order chi connectivity index (χ1) is 11.0. The van der Waals surface area contributed by atoms with Gasteiger partial charge in [0.1, 0.15) is 0 Å². The van der Waals surface area contributed by atoms with Crippen LogP contribution in [0.3, 0.4) is 0 Å². The first-order valence-corrected chi connectivity index (χ1v) is 8.88. The lowest BCUT2D eigenvalue weighted by molar-refractivity contribution is -0.116. The predicted octanol–water partition coefficient (Wildman–Crippen LogP) is 4.51. The quantitative estimate of drug-likeness (QED) is 0.811. The molecule has 2 aromatic carbocycles. The molecule has 1 aliphatic rings. The molecule has 1 N–H and O–H groups in total. The van der Waals surface area contributed by atoms with Gasteiger partial charge in [0.25, 0.3) is 0 Å². The van der Waals surface area contributed by atoms with E-state index in [-0.39, 0.29) is 17.6 Å². The summed E-state index contributed by atoms with van der Waals surface area (Å²) in [4.78, 5) is 24.0. The van der Waals surface area contributed by atoms with Crippen LogP contribution in [0.25, 0.3) is 0 Å². The Bertz CT molecular complexity index is 758. The van der Waals surface area contributed by atoms with Crippen molar-refractivity contribution in [1.29, 1.82) is 0 Å². The van der Waals surface area contributed by atoms with Crippen molar-refractivity contribution in [2.45, 2.75) is 18.6 Å². The third kappa shape index (κ3) is 3.59. The van der Waals surface area contributed by atoms with Crippen molar-refractivity contribution in [1.82, 2.24) is 0 Å². The Balaban J connectivity index is 1.61. The van der Waals surface area contributed by atoms with Gasteiger partial charge in [-0.15, -0.1) is 11.8 Å². The van der Waals surface area contributed by atoms with Gasteiger partial charge in [-0.25, -0.2) is 0 Å². The Morgan fingerprint density at radius 3 is 2.70 bits per heavy atom. The average Bonchev–Trinajstić information content (AvgIpc) is 2.83. The highest BCUT2D eigenvalue weighted by atomic mass is 35.5. The zero-order chi connectivity index (χ0) is 16.4. The monoisotopic (exact) mass is 345 g/mol. The van der Waals surface area contributed by atoms with E-state index in [2.05, 4.69) is 5.32 Å². The Kier molecular flexibility index (Phi) is 4.74. The molecule has 1 aliphatic heterocycles. The molecule has 1 atom stereocenters. The molecular formula is C18H16ClNO2S. The smallest absolute Gasteiger partial charge is 0.231 e. The SMILES string of the molecule is C[C@@H]1C(=O)Nc2ccc(C(=O)CSCc3ccc(Cl)cc3)cc21. The molecular weight excluding hydrogens is 330 g/mol. The van der Waals surface area contributed by atoms with E-state index in [1.807, 2.05) is 43.3 Å². The largest absolute Gasteiger partial charge is 0.325 e. The number of carbonyl (C=O) groups is 2. The summed E-state index contributed by atoms with van der Waals surface area (Å²) in [5.41, 5.74) is 3.52. The minimum Gasteiger partial charge on any atom is -0.325 e. The number of carbonyl (C=O) groups excluding carboxylic acids is 2. The van der Waals surface area contributed by atoms with E-state index in [1.54, 1.807) is 17.8 Å². The fraction of sp³-hybridized carbons (Fsp3) is 0.222. The maximum absolute atomic E-state index is 12.3. The van der Waals surface area contributed by atoms with Crippen molar-refractivity contribution in [2.75, 3.05) is 11.1 Å². The maximum Gasteiger partial charge on any atom is 0.231 e. The summed E-state index contributed by atoms with van der Waals surface area (Å²) < 4.78 is 0. The number of hydrogen-bond donors (Lipinski definition) is 1. The predicted molar refractivity (Wildman–Crippen MR) is 95.4 cm³/mol. The number of nitrogens with one attached hydrogen (secondary N) is 1. The molecule has 2 aromatic rings. The van der Waals surface area contributed by atoms with Gasteiger partial charge in [0, 0.05) is 22.0 Å². The summed E-state index contributed by atoms with van der Waals surface area (Å²) in [6.45, 7) is 1.85. The molecule has 0 radical (unpaired) electrons. The average molecular weight is 346 g/mol. The van der Waals surface area contributed by atoms with Gasteiger partial charge in [-0.2, -0.15) is 0 Å². The Morgan fingerprint density at radius 1 is 1.22 bits per heavy atom. The summed E-state index contributed by atoms with van der Waals surface area (Å²) in [5, 5.41) is 3.53. The summed E-state index contributed by atoms with van der Waals surface area (Å²) in [6, 6.07) is 13.1. The molecule has 0 spiro atoms. The zero-order valence-electron chi connectivity index (χ0n) is 12.6. The third-order valence-corrected chi connectivity index (χ3v) is 5.16. The number of amides is 1. The normalized spacial score (nSPS) is 16.1. The first kappa shape index (κ1) is 16.1. The Hall–Kier alpha value is -1.78. The molecule has 3 nitrogen and oxygen atoms in total. The summed E-state index contributed by atoms with van der Waals surface area (Å²) >= 11 is 7.43. The van der Waals surface area contributed by atoms with Crippen molar-refractivity contribution < 1.29 is 9.59 Å². The van der Waals surface area contributed by atoms with E-state index >= 15 is 0 Å². The van der Waals surface area contributed by atoms with Gasteiger partial charge in [0.15, 0.2) is 5.78 Å². The van der Waals surface area contributed by atoms with E-state index in [4.69, 9.17) is 11.6 Å². The van der Waals surface area contributed by atoms with Crippen molar-refractivity contribution >= 4 is 40.7 Å². The van der Waals surface area contributed by atoms with Crippen LogP contribution in [0.15, 0.2) is 42.5 Å². The van der Waals surface area contributed by atoms with Gasteiger partial charge >= 0.3 is 0 Å². The Morgan fingerprint density at radius 2 is 1.96 bits per heavy atom. The van der Waals surface area contributed by atoms with Gasteiger partial charge in [-0.1, -0.05) is 23.7 Å². The van der Waals surface area contributed by atoms with Gasteiger partial charge in [-0.3, -0.25) is 9.59 Å². The van der Waals surface area contributed by atoms with Gasteiger partial charge in [0.2, 0.25) is 5.91 Å². The molecule has 1 heterocycles. The highest BCUT2D eigenvalue weighted by Gasteiger charge is 2.27. The fourth-order valence-electron chi connectivity index (χ4n) is 2.52. The molecule has 0 saturated carbocycles. The first-order valence-electron chi connectivity index (χ1n) is 7.35. The molecule has 3 rings (SSSR count). The second-order valence-electron chi connectivity index (χ2n) is 5.56. The third-order valence-electron chi connectivity index (χ3n) is 3.91. The van der Waals surface area contributed by atoms with Crippen LogP contribution < -0.4 is 5.32 Å². The lowest BCUT2D eigenvalue weighted by Gasteiger charge is -2.06. The number of benzene rings is 2. The number of halogens is 1. The minimum absolute atomic E-state index is 0.0123. The molecule has 0 unspecified atom stereocenters. The van der Waals surface area contributed by atoms with E-state index < -0.39 is 0 Å². The topological polar surface area (TPSA) is 46.2 Å². The van der Waals surface area contributed by atoms with Crippen molar-refractivity contribution in [3.05, 3.63) is 64.2 Å². The molecule has 5 heteroatoms. The molecule has 23 heavy (non-hydrogen) atoms. The summed E-state index contributed by atoms with van der Waals surface area (Å²) in [7, 11) is 0. The number of rotatable bonds is 5. The number of ketones is 1. The number of thioether (sulfide) groups is 1. The lowest BCUT2D eigenvalue weighted by atomic mass is 9.99. The van der Waals surface area contributed by atoms with E-state index in [9.17, 15) is 9.59 Å². The number of fused-ring (bicyclic) bond motifs is 1. The zero-order valence-corrected chi connectivity index (χ0v) is 14.2. The molecule has 0 aromatic heterocycles. The van der Waals surface area contributed by atoms with Crippen LogP contribution in [0.2, 0.25) is 5.02 Å². The Labute approximate surface area is 144 Å².